The second-order valence-corrected chi connectivity index (χ2v) is 5.47. The maximum absolute atomic E-state index is 11.8. The first kappa shape index (κ1) is 14.8. The zero-order chi connectivity index (χ0) is 14.9. The van der Waals surface area contributed by atoms with Crippen molar-refractivity contribution in [2.24, 2.45) is 0 Å². The third kappa shape index (κ3) is 2.95. The number of nitrogen functional groups attached to an aromatic ring is 1. The van der Waals surface area contributed by atoms with Crippen LogP contribution in [-0.2, 0) is 11.3 Å². The number of aromatic nitrogens is 2. The highest BCUT2D eigenvalue weighted by molar-refractivity contribution is 5.92. The summed E-state index contributed by atoms with van der Waals surface area (Å²) in [7, 11) is 2.14. The molecule has 6 nitrogen and oxygen atoms in total. The highest BCUT2D eigenvalue weighted by atomic mass is 16.5. The fourth-order valence-electron chi connectivity index (χ4n) is 2.40. The van der Waals surface area contributed by atoms with Crippen LogP contribution in [0.5, 0.6) is 0 Å². The average Bonchev–Trinajstić information content (AvgIpc) is 3.20. The van der Waals surface area contributed by atoms with Gasteiger partial charge in [-0.2, -0.15) is 0 Å². The first-order valence-electron chi connectivity index (χ1n) is 7.17. The molecule has 20 heavy (non-hydrogen) atoms. The molecule has 1 unspecified atom stereocenters. The Bertz CT molecular complexity index is 494. The van der Waals surface area contributed by atoms with Gasteiger partial charge in [-0.3, -0.25) is 4.90 Å². The quantitative estimate of drug-likeness (QED) is 0.798. The van der Waals surface area contributed by atoms with Crippen molar-refractivity contribution in [3.8, 4) is 0 Å². The Kier molecular flexibility index (Phi) is 4.32. The van der Waals surface area contributed by atoms with E-state index in [1.165, 1.54) is 12.8 Å². The SMILES string of the molecule is CCOC(=O)c1nc(C)n(CC(C)N(C)C2CC2)c1N. The van der Waals surface area contributed by atoms with Crippen molar-refractivity contribution in [2.45, 2.75) is 52.2 Å². The first-order valence-corrected chi connectivity index (χ1v) is 7.17. The molecule has 0 aliphatic heterocycles. The van der Waals surface area contributed by atoms with Gasteiger partial charge in [0, 0.05) is 18.6 Å². The number of nitrogens with zero attached hydrogens (tertiary/aromatic N) is 3. The van der Waals surface area contributed by atoms with Gasteiger partial charge in [0.05, 0.1) is 6.61 Å². The maximum atomic E-state index is 11.8. The number of anilines is 1. The number of imidazole rings is 1. The molecule has 1 atom stereocenters. The number of aryl methyl sites for hydroxylation is 1. The lowest BCUT2D eigenvalue weighted by atomic mass is 10.3. The van der Waals surface area contributed by atoms with Gasteiger partial charge in [-0.1, -0.05) is 0 Å². The van der Waals surface area contributed by atoms with Crippen LogP contribution in [0.3, 0.4) is 0 Å². The Morgan fingerprint density at radius 1 is 1.60 bits per heavy atom. The molecule has 0 amide bonds. The number of hydrogen-bond donors (Lipinski definition) is 1. The molecule has 0 aromatic carbocycles. The number of hydrogen-bond acceptors (Lipinski definition) is 5. The smallest absolute Gasteiger partial charge is 0.360 e. The Morgan fingerprint density at radius 3 is 2.80 bits per heavy atom. The molecule has 1 aliphatic carbocycles. The second-order valence-electron chi connectivity index (χ2n) is 5.47. The van der Waals surface area contributed by atoms with E-state index in [0.717, 1.165) is 12.4 Å². The molecule has 1 aromatic rings. The van der Waals surface area contributed by atoms with Crippen molar-refractivity contribution < 1.29 is 9.53 Å². The molecule has 0 radical (unpaired) electrons. The van der Waals surface area contributed by atoms with Crippen LogP contribution in [0.25, 0.3) is 0 Å². The third-order valence-corrected chi connectivity index (χ3v) is 3.93. The van der Waals surface area contributed by atoms with Gasteiger partial charge in [-0.05, 0) is 40.7 Å². The molecule has 0 saturated heterocycles. The fourth-order valence-corrected chi connectivity index (χ4v) is 2.40. The number of carbonyl (C=O) groups excluding carboxylic acids is 1. The summed E-state index contributed by atoms with van der Waals surface area (Å²) in [5, 5.41) is 0. The summed E-state index contributed by atoms with van der Waals surface area (Å²) in [6.07, 6.45) is 2.54. The second kappa shape index (κ2) is 5.83. The van der Waals surface area contributed by atoms with Gasteiger partial charge in [-0.25, -0.2) is 9.78 Å². The summed E-state index contributed by atoms with van der Waals surface area (Å²) in [5.74, 6) is 0.702. The summed E-state index contributed by atoms with van der Waals surface area (Å²) in [4.78, 5) is 18.4. The molecule has 1 aliphatic rings. The lowest BCUT2D eigenvalue weighted by Gasteiger charge is -2.25. The van der Waals surface area contributed by atoms with E-state index in [-0.39, 0.29) is 5.69 Å². The van der Waals surface area contributed by atoms with E-state index in [4.69, 9.17) is 10.5 Å². The number of carbonyl (C=O) groups is 1. The minimum absolute atomic E-state index is 0.227. The molecule has 2 N–H and O–H groups in total. The predicted octanol–water partition coefficient (Wildman–Crippen LogP) is 1.43. The van der Waals surface area contributed by atoms with Crippen LogP contribution in [-0.4, -0.2) is 46.2 Å². The van der Waals surface area contributed by atoms with Crippen molar-refractivity contribution in [2.75, 3.05) is 19.4 Å². The average molecular weight is 280 g/mol. The van der Waals surface area contributed by atoms with Crippen LogP contribution in [0.15, 0.2) is 0 Å². The molecular formula is C14H24N4O2. The number of nitrogens with two attached hydrogens (primary N) is 1. The lowest BCUT2D eigenvalue weighted by molar-refractivity contribution is 0.0521. The maximum Gasteiger partial charge on any atom is 0.360 e. The minimum atomic E-state index is -0.449. The number of ether oxygens (including phenoxy) is 1. The van der Waals surface area contributed by atoms with Crippen molar-refractivity contribution >= 4 is 11.8 Å². The monoisotopic (exact) mass is 280 g/mol. The molecular weight excluding hydrogens is 256 g/mol. The normalized spacial score (nSPS) is 16.4. The predicted molar refractivity (Wildman–Crippen MR) is 77.6 cm³/mol. The van der Waals surface area contributed by atoms with Gasteiger partial charge in [0.25, 0.3) is 0 Å². The van der Waals surface area contributed by atoms with Crippen molar-refractivity contribution in [1.29, 1.82) is 0 Å². The molecule has 1 fully saturated rings. The van der Waals surface area contributed by atoms with Crippen molar-refractivity contribution in [1.82, 2.24) is 14.5 Å². The highest BCUT2D eigenvalue weighted by Crippen LogP contribution is 2.28. The van der Waals surface area contributed by atoms with Gasteiger partial charge >= 0.3 is 5.97 Å². The van der Waals surface area contributed by atoms with E-state index in [1.807, 2.05) is 11.5 Å². The minimum Gasteiger partial charge on any atom is -0.461 e. The zero-order valence-corrected chi connectivity index (χ0v) is 12.7. The largest absolute Gasteiger partial charge is 0.461 e. The molecule has 1 heterocycles. The zero-order valence-electron chi connectivity index (χ0n) is 12.7. The Labute approximate surface area is 119 Å². The van der Waals surface area contributed by atoms with Gasteiger partial charge in [0.2, 0.25) is 0 Å². The summed E-state index contributed by atoms with van der Waals surface area (Å²) >= 11 is 0. The third-order valence-electron chi connectivity index (χ3n) is 3.93. The summed E-state index contributed by atoms with van der Waals surface area (Å²) in [5.41, 5.74) is 6.28. The number of likely N-dealkylation sites (N-methyl/N-ethyl adjacent to an activating group) is 1. The number of esters is 1. The van der Waals surface area contributed by atoms with E-state index in [2.05, 4.69) is 23.9 Å². The highest BCUT2D eigenvalue weighted by Gasteiger charge is 2.30. The Morgan fingerprint density at radius 2 is 2.25 bits per heavy atom. The van der Waals surface area contributed by atoms with Crippen LogP contribution in [0.1, 0.15) is 43.0 Å². The summed E-state index contributed by atoms with van der Waals surface area (Å²) < 4.78 is 6.87. The van der Waals surface area contributed by atoms with E-state index in [0.29, 0.717) is 24.5 Å². The van der Waals surface area contributed by atoms with Gasteiger partial charge in [0.1, 0.15) is 11.6 Å². The number of rotatable bonds is 6. The Hall–Kier alpha value is -1.56. The Balaban J connectivity index is 2.13. The van der Waals surface area contributed by atoms with Crippen molar-refractivity contribution in [3.05, 3.63) is 11.5 Å². The summed E-state index contributed by atoms with van der Waals surface area (Å²) in [6.45, 7) is 6.86. The molecule has 1 aromatic heterocycles. The fraction of sp³-hybridized carbons (Fsp3) is 0.714. The molecule has 6 heteroatoms. The van der Waals surface area contributed by atoms with Gasteiger partial charge < -0.3 is 15.0 Å². The van der Waals surface area contributed by atoms with Crippen LogP contribution in [0, 0.1) is 6.92 Å². The van der Waals surface area contributed by atoms with E-state index < -0.39 is 5.97 Å². The lowest BCUT2D eigenvalue weighted by Crippen LogP contribution is -2.35. The van der Waals surface area contributed by atoms with Crippen LogP contribution in [0.2, 0.25) is 0 Å². The van der Waals surface area contributed by atoms with E-state index in [1.54, 1.807) is 6.92 Å². The molecule has 2 rings (SSSR count). The van der Waals surface area contributed by atoms with E-state index >= 15 is 0 Å². The molecule has 1 saturated carbocycles. The molecule has 0 spiro atoms. The van der Waals surface area contributed by atoms with Gasteiger partial charge in [-0.15, -0.1) is 0 Å². The molecule has 0 bridgehead atoms. The van der Waals surface area contributed by atoms with Crippen LogP contribution < -0.4 is 5.73 Å². The van der Waals surface area contributed by atoms with Crippen molar-refractivity contribution in [3.63, 3.8) is 0 Å². The van der Waals surface area contributed by atoms with Crippen LogP contribution in [0.4, 0.5) is 5.82 Å². The van der Waals surface area contributed by atoms with Gasteiger partial charge in [0.15, 0.2) is 5.69 Å². The summed E-state index contributed by atoms with van der Waals surface area (Å²) in [6, 6.07) is 1.05. The molecule has 112 valence electrons. The first-order chi connectivity index (χ1) is 9.45. The van der Waals surface area contributed by atoms with Crippen LogP contribution >= 0.6 is 0 Å². The standard InChI is InChI=1S/C14H24N4O2/c1-5-20-14(19)12-13(15)18(10(3)16-12)8-9(2)17(4)11-6-7-11/h9,11H,5-8,15H2,1-4H3. The van der Waals surface area contributed by atoms with E-state index in [9.17, 15) is 4.79 Å². The topological polar surface area (TPSA) is 73.4 Å².